The van der Waals surface area contributed by atoms with Crippen LogP contribution in [0.25, 0.3) is 0 Å². The summed E-state index contributed by atoms with van der Waals surface area (Å²) < 4.78 is 0. The summed E-state index contributed by atoms with van der Waals surface area (Å²) in [5.41, 5.74) is 0. The first-order valence-electron chi connectivity index (χ1n) is 5.67. The fourth-order valence-corrected chi connectivity index (χ4v) is 1.72. The smallest absolute Gasteiger partial charge is 0.224 e. The fourth-order valence-electron chi connectivity index (χ4n) is 1.72. The monoisotopic (exact) mass is 213 g/mol. The van der Waals surface area contributed by atoms with Crippen LogP contribution in [0.2, 0.25) is 0 Å². The van der Waals surface area contributed by atoms with Crippen molar-refractivity contribution < 1.29 is 4.79 Å². The summed E-state index contributed by atoms with van der Waals surface area (Å²) in [7, 11) is 4.05. The molecule has 1 aliphatic rings. The van der Waals surface area contributed by atoms with Crippen LogP contribution in [-0.4, -0.2) is 50.6 Å². The lowest BCUT2D eigenvalue weighted by Gasteiger charge is -2.21. The first kappa shape index (κ1) is 12.5. The summed E-state index contributed by atoms with van der Waals surface area (Å²) in [6, 6.07) is 0.388. The zero-order chi connectivity index (χ0) is 11.4. The molecule has 1 unspecified atom stereocenters. The van der Waals surface area contributed by atoms with E-state index in [-0.39, 0.29) is 11.8 Å². The van der Waals surface area contributed by atoms with Crippen molar-refractivity contribution in [1.29, 1.82) is 0 Å². The fraction of sp³-hybridized carbons (Fsp3) is 0.909. The quantitative estimate of drug-likeness (QED) is 0.686. The second-order valence-corrected chi connectivity index (χ2v) is 4.80. The van der Waals surface area contributed by atoms with Crippen molar-refractivity contribution in [3.05, 3.63) is 0 Å². The van der Waals surface area contributed by atoms with E-state index < -0.39 is 0 Å². The van der Waals surface area contributed by atoms with Gasteiger partial charge in [-0.1, -0.05) is 6.92 Å². The van der Waals surface area contributed by atoms with E-state index in [4.69, 9.17) is 0 Å². The van der Waals surface area contributed by atoms with Crippen molar-refractivity contribution in [2.45, 2.75) is 19.9 Å². The Bertz CT molecular complexity index is 218. The minimum Gasteiger partial charge on any atom is -0.354 e. The van der Waals surface area contributed by atoms with E-state index in [1.165, 1.54) is 0 Å². The van der Waals surface area contributed by atoms with Crippen LogP contribution in [-0.2, 0) is 4.79 Å². The van der Waals surface area contributed by atoms with Crippen molar-refractivity contribution in [2.24, 2.45) is 11.8 Å². The van der Waals surface area contributed by atoms with Gasteiger partial charge in [0.25, 0.3) is 0 Å². The first-order valence-corrected chi connectivity index (χ1v) is 5.67. The highest BCUT2D eigenvalue weighted by Crippen LogP contribution is 2.15. The molecule has 88 valence electrons. The van der Waals surface area contributed by atoms with Crippen LogP contribution < -0.4 is 10.6 Å². The average Bonchev–Trinajstić information content (AvgIpc) is 2.60. The van der Waals surface area contributed by atoms with Gasteiger partial charge >= 0.3 is 0 Å². The van der Waals surface area contributed by atoms with E-state index in [1.807, 2.05) is 14.1 Å². The molecule has 15 heavy (non-hydrogen) atoms. The van der Waals surface area contributed by atoms with E-state index in [0.717, 1.165) is 19.6 Å². The summed E-state index contributed by atoms with van der Waals surface area (Å²) in [5.74, 6) is 0.806. The van der Waals surface area contributed by atoms with Crippen LogP contribution in [0.15, 0.2) is 0 Å². The molecule has 0 aromatic rings. The molecule has 0 saturated carbocycles. The molecule has 1 aliphatic heterocycles. The molecule has 4 nitrogen and oxygen atoms in total. The van der Waals surface area contributed by atoms with Crippen LogP contribution in [0.5, 0.6) is 0 Å². The molecule has 1 rings (SSSR count). The number of hydrogen-bond donors (Lipinski definition) is 2. The maximum atomic E-state index is 11.8. The second-order valence-electron chi connectivity index (χ2n) is 4.80. The lowest BCUT2D eigenvalue weighted by Crippen LogP contribution is -2.42. The van der Waals surface area contributed by atoms with Gasteiger partial charge in [-0.05, 0) is 33.5 Å². The van der Waals surface area contributed by atoms with Crippen molar-refractivity contribution in [2.75, 3.05) is 33.7 Å². The number of hydrogen-bond acceptors (Lipinski definition) is 3. The molecule has 2 N–H and O–H groups in total. The number of carbonyl (C=O) groups excluding carboxylic acids is 1. The third kappa shape index (κ3) is 3.47. The SMILES string of the molecule is CC(CNC(=O)[C@@H]1CNC[C@H]1C)N(C)C. The minimum absolute atomic E-state index is 0.152. The van der Waals surface area contributed by atoms with Gasteiger partial charge in [-0.2, -0.15) is 0 Å². The molecule has 0 aromatic heterocycles. The van der Waals surface area contributed by atoms with E-state index in [1.54, 1.807) is 0 Å². The van der Waals surface area contributed by atoms with E-state index in [0.29, 0.717) is 12.0 Å². The largest absolute Gasteiger partial charge is 0.354 e. The van der Waals surface area contributed by atoms with Crippen LogP contribution in [0.4, 0.5) is 0 Å². The lowest BCUT2D eigenvalue weighted by atomic mass is 9.97. The highest BCUT2D eigenvalue weighted by molar-refractivity contribution is 5.79. The van der Waals surface area contributed by atoms with Gasteiger partial charge in [-0.3, -0.25) is 4.79 Å². The molecule has 1 amide bonds. The summed E-state index contributed by atoms with van der Waals surface area (Å²) in [6.07, 6.45) is 0. The maximum Gasteiger partial charge on any atom is 0.224 e. The molecule has 1 fully saturated rings. The van der Waals surface area contributed by atoms with Crippen molar-refractivity contribution in [3.8, 4) is 0 Å². The number of amides is 1. The van der Waals surface area contributed by atoms with Crippen LogP contribution in [0.3, 0.4) is 0 Å². The third-order valence-electron chi connectivity index (χ3n) is 3.31. The van der Waals surface area contributed by atoms with Gasteiger partial charge in [0.15, 0.2) is 0 Å². The molecule has 1 heterocycles. The average molecular weight is 213 g/mol. The van der Waals surface area contributed by atoms with E-state index in [2.05, 4.69) is 29.4 Å². The second kappa shape index (κ2) is 5.47. The zero-order valence-electron chi connectivity index (χ0n) is 10.2. The minimum atomic E-state index is 0.152. The molecule has 4 heteroatoms. The Balaban J connectivity index is 2.29. The maximum absolute atomic E-state index is 11.8. The summed E-state index contributed by atoms with van der Waals surface area (Å²) in [6.45, 7) is 6.75. The third-order valence-corrected chi connectivity index (χ3v) is 3.31. The Morgan fingerprint density at radius 1 is 1.53 bits per heavy atom. The Morgan fingerprint density at radius 3 is 2.67 bits per heavy atom. The molecule has 0 spiro atoms. The zero-order valence-corrected chi connectivity index (χ0v) is 10.2. The highest BCUT2D eigenvalue weighted by atomic mass is 16.1. The van der Waals surface area contributed by atoms with Gasteiger partial charge in [-0.15, -0.1) is 0 Å². The molecule has 0 radical (unpaired) electrons. The predicted octanol–water partition coefficient (Wildman–Crippen LogP) is -0.0918. The Hall–Kier alpha value is -0.610. The van der Waals surface area contributed by atoms with Crippen molar-refractivity contribution in [3.63, 3.8) is 0 Å². The highest BCUT2D eigenvalue weighted by Gasteiger charge is 2.29. The molecular weight excluding hydrogens is 190 g/mol. The van der Waals surface area contributed by atoms with Gasteiger partial charge in [0.2, 0.25) is 5.91 Å². The summed E-state index contributed by atoms with van der Waals surface area (Å²) in [4.78, 5) is 13.9. The van der Waals surface area contributed by atoms with Gasteiger partial charge < -0.3 is 15.5 Å². The Labute approximate surface area is 92.4 Å². The molecule has 0 aromatic carbocycles. The van der Waals surface area contributed by atoms with Crippen LogP contribution >= 0.6 is 0 Å². The van der Waals surface area contributed by atoms with Gasteiger partial charge in [0, 0.05) is 19.1 Å². The standard InChI is InChI=1S/C11H23N3O/c1-8-5-12-7-10(8)11(15)13-6-9(2)14(3)4/h8-10,12H,5-7H2,1-4H3,(H,13,15)/t8-,9?,10-/m1/s1. The van der Waals surface area contributed by atoms with E-state index in [9.17, 15) is 4.79 Å². The normalized spacial score (nSPS) is 28.1. The van der Waals surface area contributed by atoms with Gasteiger partial charge in [0.05, 0.1) is 5.92 Å². The Kier molecular flexibility index (Phi) is 4.54. The first-order chi connectivity index (χ1) is 7.02. The van der Waals surface area contributed by atoms with Crippen molar-refractivity contribution in [1.82, 2.24) is 15.5 Å². The van der Waals surface area contributed by atoms with Crippen LogP contribution in [0, 0.1) is 11.8 Å². The number of likely N-dealkylation sites (N-methyl/N-ethyl adjacent to an activating group) is 1. The number of nitrogens with zero attached hydrogens (tertiary/aromatic N) is 1. The van der Waals surface area contributed by atoms with Crippen LogP contribution in [0.1, 0.15) is 13.8 Å². The number of rotatable bonds is 4. The molecule has 1 saturated heterocycles. The van der Waals surface area contributed by atoms with E-state index >= 15 is 0 Å². The number of nitrogens with one attached hydrogen (secondary N) is 2. The number of carbonyl (C=O) groups is 1. The van der Waals surface area contributed by atoms with Gasteiger partial charge in [0.1, 0.15) is 0 Å². The molecule has 0 bridgehead atoms. The van der Waals surface area contributed by atoms with Crippen molar-refractivity contribution >= 4 is 5.91 Å². The summed E-state index contributed by atoms with van der Waals surface area (Å²) >= 11 is 0. The predicted molar refractivity (Wildman–Crippen MR) is 61.7 cm³/mol. The molecule has 3 atom stereocenters. The lowest BCUT2D eigenvalue weighted by molar-refractivity contribution is -0.125. The Morgan fingerprint density at radius 2 is 2.20 bits per heavy atom. The topological polar surface area (TPSA) is 44.4 Å². The summed E-state index contributed by atoms with van der Waals surface area (Å²) in [5, 5.41) is 6.26. The molecule has 0 aliphatic carbocycles. The van der Waals surface area contributed by atoms with Gasteiger partial charge in [-0.25, -0.2) is 0 Å². The molecular formula is C11H23N3O.